The van der Waals surface area contributed by atoms with E-state index in [1.165, 1.54) is 5.56 Å². The second-order valence-corrected chi connectivity index (χ2v) is 7.01. The number of carbonyl (C=O) groups is 1. The molecular formula is C20H25N5O. The Bertz CT molecular complexity index is 720. The fraction of sp³-hybridized carbons (Fsp3) is 0.450. The van der Waals surface area contributed by atoms with Gasteiger partial charge in [-0.3, -0.25) is 9.69 Å². The summed E-state index contributed by atoms with van der Waals surface area (Å²) in [5.74, 6) is 0.872. The summed E-state index contributed by atoms with van der Waals surface area (Å²) < 4.78 is 0. The van der Waals surface area contributed by atoms with Crippen LogP contribution < -0.4 is 4.90 Å². The first-order valence-electron chi connectivity index (χ1n) is 9.42. The average Bonchev–Trinajstić information content (AvgIpc) is 3.24. The molecule has 1 aromatic carbocycles. The summed E-state index contributed by atoms with van der Waals surface area (Å²) in [5.41, 5.74) is 1.81. The molecule has 2 fully saturated rings. The Hall–Kier alpha value is -2.47. The molecule has 0 unspecified atom stereocenters. The highest BCUT2D eigenvalue weighted by atomic mass is 16.2. The number of anilines is 1. The van der Waals surface area contributed by atoms with Crippen LogP contribution in [0, 0.1) is 0 Å². The van der Waals surface area contributed by atoms with Gasteiger partial charge in [-0.2, -0.15) is 0 Å². The molecule has 1 amide bonds. The molecule has 6 nitrogen and oxygen atoms in total. The Labute approximate surface area is 154 Å². The molecule has 2 aromatic rings. The second-order valence-electron chi connectivity index (χ2n) is 7.01. The summed E-state index contributed by atoms with van der Waals surface area (Å²) in [6.07, 6.45) is 5.55. The van der Waals surface area contributed by atoms with E-state index in [1.807, 2.05) is 4.90 Å². The van der Waals surface area contributed by atoms with Crippen LogP contribution in [0.15, 0.2) is 42.7 Å². The SMILES string of the molecule is O=C(c1cnc(N2CCN(Cc3ccccc3)CC2)cn1)N1CCCC1. The Morgan fingerprint density at radius 1 is 0.885 bits per heavy atom. The van der Waals surface area contributed by atoms with Crippen molar-refractivity contribution in [1.82, 2.24) is 19.8 Å². The first-order valence-corrected chi connectivity index (χ1v) is 9.42. The number of nitrogens with zero attached hydrogens (tertiary/aromatic N) is 5. The van der Waals surface area contributed by atoms with Crippen LogP contribution >= 0.6 is 0 Å². The van der Waals surface area contributed by atoms with Gasteiger partial charge < -0.3 is 9.80 Å². The van der Waals surface area contributed by atoms with E-state index < -0.39 is 0 Å². The van der Waals surface area contributed by atoms with E-state index in [9.17, 15) is 4.79 Å². The minimum atomic E-state index is 0.00855. The van der Waals surface area contributed by atoms with Crippen LogP contribution in [-0.4, -0.2) is 64.9 Å². The number of hydrogen-bond acceptors (Lipinski definition) is 5. The first kappa shape index (κ1) is 17.0. The van der Waals surface area contributed by atoms with Gasteiger partial charge in [-0.25, -0.2) is 9.97 Å². The minimum Gasteiger partial charge on any atom is -0.353 e. The molecule has 0 bridgehead atoms. The highest BCUT2D eigenvalue weighted by molar-refractivity contribution is 5.92. The Kier molecular flexibility index (Phi) is 5.11. The third kappa shape index (κ3) is 3.85. The van der Waals surface area contributed by atoms with Gasteiger partial charge in [-0.05, 0) is 18.4 Å². The van der Waals surface area contributed by atoms with E-state index in [2.05, 4.69) is 50.1 Å². The second kappa shape index (κ2) is 7.83. The van der Waals surface area contributed by atoms with Gasteiger partial charge in [0.2, 0.25) is 0 Å². The molecule has 0 radical (unpaired) electrons. The zero-order valence-corrected chi connectivity index (χ0v) is 15.0. The lowest BCUT2D eigenvalue weighted by Gasteiger charge is -2.35. The number of rotatable bonds is 4. The van der Waals surface area contributed by atoms with E-state index in [-0.39, 0.29) is 5.91 Å². The van der Waals surface area contributed by atoms with Crippen molar-refractivity contribution >= 4 is 11.7 Å². The summed E-state index contributed by atoms with van der Waals surface area (Å²) in [6, 6.07) is 10.6. The maximum absolute atomic E-state index is 12.4. The molecule has 4 rings (SSSR count). The molecule has 136 valence electrons. The number of benzene rings is 1. The van der Waals surface area contributed by atoms with Crippen molar-refractivity contribution in [2.45, 2.75) is 19.4 Å². The summed E-state index contributed by atoms with van der Waals surface area (Å²) >= 11 is 0. The van der Waals surface area contributed by atoms with Gasteiger partial charge in [0.05, 0.1) is 12.4 Å². The highest BCUT2D eigenvalue weighted by Gasteiger charge is 2.22. The van der Waals surface area contributed by atoms with Gasteiger partial charge in [0.25, 0.3) is 5.91 Å². The standard InChI is InChI=1S/C20H25N5O/c26-20(25-8-4-5-9-25)18-14-22-19(15-21-18)24-12-10-23(11-13-24)16-17-6-2-1-3-7-17/h1-3,6-7,14-15H,4-5,8-13,16H2. The largest absolute Gasteiger partial charge is 0.353 e. The number of aromatic nitrogens is 2. The van der Waals surface area contributed by atoms with Crippen LogP contribution in [0.5, 0.6) is 0 Å². The van der Waals surface area contributed by atoms with Crippen molar-refractivity contribution in [2.75, 3.05) is 44.2 Å². The van der Waals surface area contributed by atoms with Crippen LogP contribution in [0.1, 0.15) is 28.9 Å². The summed E-state index contributed by atoms with van der Waals surface area (Å²) in [5, 5.41) is 0. The normalized spacial score (nSPS) is 18.3. The van der Waals surface area contributed by atoms with Crippen LogP contribution in [0.25, 0.3) is 0 Å². The third-order valence-corrected chi connectivity index (χ3v) is 5.20. The van der Waals surface area contributed by atoms with E-state index in [0.29, 0.717) is 5.69 Å². The maximum atomic E-state index is 12.4. The van der Waals surface area contributed by atoms with Crippen molar-refractivity contribution in [3.63, 3.8) is 0 Å². The van der Waals surface area contributed by atoms with Crippen LogP contribution in [-0.2, 0) is 6.54 Å². The van der Waals surface area contributed by atoms with Crippen molar-refractivity contribution in [2.24, 2.45) is 0 Å². The van der Waals surface area contributed by atoms with E-state index in [4.69, 9.17) is 0 Å². The van der Waals surface area contributed by atoms with Crippen molar-refractivity contribution < 1.29 is 4.79 Å². The average molecular weight is 351 g/mol. The lowest BCUT2D eigenvalue weighted by Crippen LogP contribution is -2.46. The monoisotopic (exact) mass is 351 g/mol. The Balaban J connectivity index is 1.32. The first-order chi connectivity index (χ1) is 12.8. The molecule has 0 atom stereocenters. The molecule has 0 N–H and O–H groups in total. The number of carbonyl (C=O) groups excluding carboxylic acids is 1. The molecule has 2 saturated heterocycles. The fourth-order valence-electron chi connectivity index (χ4n) is 3.65. The lowest BCUT2D eigenvalue weighted by atomic mass is 10.2. The Morgan fingerprint density at radius 3 is 2.27 bits per heavy atom. The Morgan fingerprint density at radius 2 is 1.62 bits per heavy atom. The quantitative estimate of drug-likeness (QED) is 0.844. The molecule has 0 saturated carbocycles. The molecule has 3 heterocycles. The molecule has 2 aliphatic rings. The molecule has 6 heteroatoms. The zero-order chi connectivity index (χ0) is 17.8. The topological polar surface area (TPSA) is 52.6 Å². The van der Waals surface area contributed by atoms with E-state index in [1.54, 1.807) is 12.4 Å². The van der Waals surface area contributed by atoms with E-state index >= 15 is 0 Å². The van der Waals surface area contributed by atoms with Crippen LogP contribution in [0.4, 0.5) is 5.82 Å². The summed E-state index contributed by atoms with van der Waals surface area (Å²) in [7, 11) is 0. The molecule has 2 aliphatic heterocycles. The van der Waals surface area contributed by atoms with Gasteiger partial charge in [-0.1, -0.05) is 30.3 Å². The molecule has 26 heavy (non-hydrogen) atoms. The van der Waals surface area contributed by atoms with Crippen molar-refractivity contribution in [3.8, 4) is 0 Å². The maximum Gasteiger partial charge on any atom is 0.274 e. The predicted molar refractivity (Wildman–Crippen MR) is 101 cm³/mol. The number of piperazine rings is 1. The van der Waals surface area contributed by atoms with Crippen LogP contribution in [0.2, 0.25) is 0 Å². The van der Waals surface area contributed by atoms with Gasteiger partial charge in [-0.15, -0.1) is 0 Å². The molecular weight excluding hydrogens is 326 g/mol. The molecule has 0 spiro atoms. The smallest absolute Gasteiger partial charge is 0.274 e. The number of hydrogen-bond donors (Lipinski definition) is 0. The van der Waals surface area contributed by atoms with Crippen molar-refractivity contribution in [1.29, 1.82) is 0 Å². The van der Waals surface area contributed by atoms with Crippen LogP contribution in [0.3, 0.4) is 0 Å². The molecule has 1 aromatic heterocycles. The van der Waals surface area contributed by atoms with Gasteiger partial charge in [0, 0.05) is 45.8 Å². The minimum absolute atomic E-state index is 0.00855. The van der Waals surface area contributed by atoms with Crippen molar-refractivity contribution in [3.05, 3.63) is 54.0 Å². The van der Waals surface area contributed by atoms with E-state index in [0.717, 1.165) is 64.5 Å². The number of amides is 1. The zero-order valence-electron chi connectivity index (χ0n) is 15.0. The highest BCUT2D eigenvalue weighted by Crippen LogP contribution is 2.16. The third-order valence-electron chi connectivity index (χ3n) is 5.20. The predicted octanol–water partition coefficient (Wildman–Crippen LogP) is 2.03. The number of likely N-dealkylation sites (tertiary alicyclic amines) is 1. The summed E-state index contributed by atoms with van der Waals surface area (Å²) in [4.78, 5) is 27.8. The fourth-order valence-corrected chi connectivity index (χ4v) is 3.65. The molecule has 0 aliphatic carbocycles. The van der Waals surface area contributed by atoms with Gasteiger partial charge >= 0.3 is 0 Å². The summed E-state index contributed by atoms with van der Waals surface area (Å²) in [6.45, 7) is 6.54. The lowest BCUT2D eigenvalue weighted by molar-refractivity contribution is 0.0786. The van der Waals surface area contributed by atoms with Gasteiger partial charge in [0.15, 0.2) is 0 Å². The van der Waals surface area contributed by atoms with Gasteiger partial charge in [0.1, 0.15) is 11.5 Å².